The Labute approximate surface area is 164 Å². The second kappa shape index (κ2) is 8.44. The maximum atomic E-state index is 12.6. The third kappa shape index (κ3) is 4.44. The van der Waals surface area contributed by atoms with Crippen molar-refractivity contribution in [3.05, 3.63) is 28.3 Å². The number of nitro groups is 1. The topological polar surface area (TPSA) is 122 Å². The number of carbonyl (C=O) groups excluding carboxylic acids is 1. The summed E-state index contributed by atoms with van der Waals surface area (Å²) in [4.78, 5) is 24.9. The van der Waals surface area contributed by atoms with Crippen LogP contribution in [0.5, 0.6) is 0 Å². The van der Waals surface area contributed by atoms with Gasteiger partial charge in [0, 0.05) is 19.2 Å². The van der Waals surface area contributed by atoms with Gasteiger partial charge < -0.3 is 10.2 Å². The molecule has 2 N–H and O–H groups in total. The summed E-state index contributed by atoms with van der Waals surface area (Å²) in [6, 6.07) is 3.59. The van der Waals surface area contributed by atoms with Crippen LogP contribution >= 0.6 is 0 Å². The van der Waals surface area contributed by atoms with Crippen LogP contribution in [0.1, 0.15) is 32.1 Å². The zero-order valence-electron chi connectivity index (χ0n) is 15.9. The van der Waals surface area contributed by atoms with E-state index in [1.165, 1.54) is 38.4 Å². The summed E-state index contributed by atoms with van der Waals surface area (Å²) in [6.45, 7) is 1.42. The van der Waals surface area contributed by atoms with Gasteiger partial charge in [0.2, 0.25) is 15.9 Å². The number of sulfonamides is 1. The molecule has 2 aliphatic rings. The van der Waals surface area contributed by atoms with Gasteiger partial charge in [-0.1, -0.05) is 19.3 Å². The number of piperidine rings is 1. The summed E-state index contributed by atoms with van der Waals surface area (Å²) >= 11 is 0. The highest BCUT2D eigenvalue weighted by atomic mass is 32.2. The van der Waals surface area contributed by atoms with E-state index in [0.29, 0.717) is 11.8 Å². The van der Waals surface area contributed by atoms with E-state index in [-0.39, 0.29) is 28.7 Å². The molecule has 0 bridgehead atoms. The zero-order chi connectivity index (χ0) is 20.3. The van der Waals surface area contributed by atoms with Crippen LogP contribution in [0, 0.1) is 22.0 Å². The average Bonchev–Trinajstić information content (AvgIpc) is 2.71. The summed E-state index contributed by atoms with van der Waals surface area (Å²) in [5, 5.41) is 14.2. The number of nitrogens with zero attached hydrogens (tertiary/aromatic N) is 2. The number of anilines is 1. The number of likely N-dealkylation sites (tertiary alicyclic amines) is 1. The molecule has 0 radical (unpaired) electrons. The molecule has 1 aliphatic heterocycles. The Morgan fingerprint density at radius 1 is 1.25 bits per heavy atom. The molecule has 154 valence electrons. The third-order valence-electron chi connectivity index (χ3n) is 5.82. The number of benzene rings is 1. The van der Waals surface area contributed by atoms with E-state index < -0.39 is 14.9 Å². The predicted octanol–water partition coefficient (Wildman–Crippen LogP) is 1.95. The smallest absolute Gasteiger partial charge is 0.293 e. The maximum absolute atomic E-state index is 12.6. The first-order valence-corrected chi connectivity index (χ1v) is 11.0. The first-order chi connectivity index (χ1) is 13.3. The Balaban J connectivity index is 1.66. The first kappa shape index (κ1) is 20.5. The Morgan fingerprint density at radius 3 is 2.64 bits per heavy atom. The molecule has 1 aromatic carbocycles. The Morgan fingerprint density at radius 2 is 1.96 bits per heavy atom. The fourth-order valence-electron chi connectivity index (χ4n) is 4.21. The number of hydrogen-bond donors (Lipinski definition) is 2. The predicted molar refractivity (Wildman–Crippen MR) is 104 cm³/mol. The zero-order valence-corrected chi connectivity index (χ0v) is 16.7. The summed E-state index contributed by atoms with van der Waals surface area (Å²) in [5.41, 5.74) is -0.254. The van der Waals surface area contributed by atoms with Crippen LogP contribution in [-0.2, 0) is 14.8 Å². The van der Waals surface area contributed by atoms with Gasteiger partial charge in [-0.3, -0.25) is 14.9 Å². The summed E-state index contributed by atoms with van der Waals surface area (Å²) < 4.78 is 25.8. The van der Waals surface area contributed by atoms with Crippen molar-refractivity contribution in [3.63, 3.8) is 0 Å². The molecule has 9 nitrogen and oxygen atoms in total. The number of rotatable bonds is 6. The van der Waals surface area contributed by atoms with Crippen LogP contribution < -0.4 is 10.0 Å². The highest BCUT2D eigenvalue weighted by Gasteiger charge is 2.33. The maximum Gasteiger partial charge on any atom is 0.293 e. The van der Waals surface area contributed by atoms with Crippen molar-refractivity contribution >= 4 is 27.3 Å². The Bertz CT molecular complexity index is 858. The SMILES string of the molecule is CNS(=O)(=O)c1ccc(NCC(=O)N2CC[C@@H]3CCCC[C@@H]3C2)c([N+](=O)[O-])c1. The molecule has 0 spiro atoms. The van der Waals surface area contributed by atoms with Gasteiger partial charge in [-0.2, -0.15) is 0 Å². The lowest BCUT2D eigenvalue weighted by Gasteiger charge is -2.41. The molecular formula is C18H26N4O5S. The van der Waals surface area contributed by atoms with E-state index >= 15 is 0 Å². The standard InChI is InChI=1S/C18H26N4O5S/c1-19-28(26,27)15-6-7-16(17(10-15)22(24)25)20-11-18(23)21-9-8-13-4-2-3-5-14(13)12-21/h6-7,10,13-14,19-20H,2-5,8-9,11-12H2,1H3/t13-,14+/m0/s1. The molecule has 1 saturated carbocycles. The third-order valence-corrected chi connectivity index (χ3v) is 7.23. The molecule has 3 rings (SSSR count). The van der Waals surface area contributed by atoms with E-state index in [4.69, 9.17) is 0 Å². The van der Waals surface area contributed by atoms with Gasteiger partial charge >= 0.3 is 0 Å². The second-order valence-corrected chi connectivity index (χ2v) is 9.32. The van der Waals surface area contributed by atoms with Crippen molar-refractivity contribution in [2.75, 3.05) is 32.0 Å². The number of fused-ring (bicyclic) bond motifs is 1. The van der Waals surface area contributed by atoms with Crippen LogP contribution in [-0.4, -0.2) is 50.8 Å². The molecule has 1 aromatic rings. The van der Waals surface area contributed by atoms with Crippen LogP contribution in [0.3, 0.4) is 0 Å². The lowest BCUT2D eigenvalue weighted by Crippen LogP contribution is -2.46. The van der Waals surface area contributed by atoms with Gasteiger partial charge in [0.1, 0.15) is 5.69 Å². The van der Waals surface area contributed by atoms with E-state index in [0.717, 1.165) is 32.0 Å². The minimum atomic E-state index is -3.79. The van der Waals surface area contributed by atoms with Crippen molar-refractivity contribution < 1.29 is 18.1 Å². The van der Waals surface area contributed by atoms with E-state index in [9.17, 15) is 23.3 Å². The molecule has 1 saturated heterocycles. The van der Waals surface area contributed by atoms with Crippen LogP contribution in [0.25, 0.3) is 0 Å². The monoisotopic (exact) mass is 410 g/mol. The highest BCUT2D eigenvalue weighted by Crippen LogP contribution is 2.36. The number of amides is 1. The molecule has 1 amide bonds. The Hall–Kier alpha value is -2.20. The van der Waals surface area contributed by atoms with Crippen LogP contribution in [0.4, 0.5) is 11.4 Å². The van der Waals surface area contributed by atoms with Crippen LogP contribution in [0.2, 0.25) is 0 Å². The van der Waals surface area contributed by atoms with Crippen molar-refractivity contribution in [1.29, 1.82) is 0 Å². The lowest BCUT2D eigenvalue weighted by molar-refractivity contribution is -0.384. The minimum absolute atomic E-state index is 0.0592. The van der Waals surface area contributed by atoms with Gasteiger partial charge in [0.25, 0.3) is 5.69 Å². The molecule has 28 heavy (non-hydrogen) atoms. The fourth-order valence-corrected chi connectivity index (χ4v) is 4.96. The van der Waals surface area contributed by atoms with Gasteiger partial charge in [-0.05, 0) is 43.9 Å². The van der Waals surface area contributed by atoms with Crippen molar-refractivity contribution in [2.45, 2.75) is 37.0 Å². The summed E-state index contributed by atoms with van der Waals surface area (Å²) in [7, 11) is -2.55. The molecular weight excluding hydrogens is 384 g/mol. The highest BCUT2D eigenvalue weighted by molar-refractivity contribution is 7.89. The molecule has 10 heteroatoms. The largest absolute Gasteiger partial charge is 0.371 e. The van der Waals surface area contributed by atoms with Gasteiger partial charge in [0.15, 0.2) is 0 Å². The molecule has 2 fully saturated rings. The van der Waals surface area contributed by atoms with Gasteiger partial charge in [-0.25, -0.2) is 13.1 Å². The quantitative estimate of drug-likeness (QED) is 0.546. The van der Waals surface area contributed by atoms with E-state index in [2.05, 4.69) is 10.0 Å². The van der Waals surface area contributed by atoms with Gasteiger partial charge in [-0.15, -0.1) is 0 Å². The number of nitro benzene ring substituents is 1. The number of nitrogens with one attached hydrogen (secondary N) is 2. The number of hydrogen-bond acceptors (Lipinski definition) is 6. The van der Waals surface area contributed by atoms with Crippen molar-refractivity contribution in [2.24, 2.45) is 11.8 Å². The summed E-state index contributed by atoms with van der Waals surface area (Å²) in [5.74, 6) is 1.19. The van der Waals surface area contributed by atoms with E-state index in [1.54, 1.807) is 0 Å². The van der Waals surface area contributed by atoms with Crippen molar-refractivity contribution in [3.8, 4) is 0 Å². The van der Waals surface area contributed by atoms with Crippen LogP contribution in [0.15, 0.2) is 23.1 Å². The first-order valence-electron chi connectivity index (χ1n) is 9.55. The average molecular weight is 410 g/mol. The van der Waals surface area contributed by atoms with Gasteiger partial charge in [0.05, 0.1) is 16.4 Å². The molecule has 2 atom stereocenters. The molecule has 0 aromatic heterocycles. The lowest BCUT2D eigenvalue weighted by atomic mass is 9.75. The summed E-state index contributed by atoms with van der Waals surface area (Å²) in [6.07, 6.45) is 5.93. The second-order valence-electron chi connectivity index (χ2n) is 7.43. The normalized spacial score (nSPS) is 22.4. The molecule has 1 aliphatic carbocycles. The molecule has 0 unspecified atom stereocenters. The fraction of sp³-hybridized carbons (Fsp3) is 0.611. The molecule has 1 heterocycles. The Kier molecular flexibility index (Phi) is 6.19. The number of carbonyl (C=O) groups is 1. The van der Waals surface area contributed by atoms with E-state index in [1.807, 2.05) is 4.90 Å². The minimum Gasteiger partial charge on any atom is -0.371 e. The van der Waals surface area contributed by atoms with Crippen molar-refractivity contribution in [1.82, 2.24) is 9.62 Å².